The molecule has 0 spiro atoms. The molecule has 0 fully saturated rings. The van der Waals surface area contributed by atoms with E-state index in [4.69, 9.17) is 4.74 Å². The van der Waals surface area contributed by atoms with Crippen LogP contribution in [0.5, 0.6) is 5.75 Å². The summed E-state index contributed by atoms with van der Waals surface area (Å²) in [5.41, 5.74) is 4.36. The molecule has 0 aliphatic heterocycles. The lowest BCUT2D eigenvalue weighted by atomic mass is 10.0. The van der Waals surface area contributed by atoms with Crippen molar-refractivity contribution >= 4 is 0 Å². The van der Waals surface area contributed by atoms with Crippen LogP contribution >= 0.6 is 0 Å². The highest BCUT2D eigenvalue weighted by atomic mass is 19.1. The standard InChI is InChI=1S/C29H37FN2O/c1-3-5-7-8-9-10-23-12-14-25(15-13-23)29-31-20-26(21-32-29)24-16-18-28(19-17-24)33-22-27(30)11-6-4-2/h12-21,27H,3-11,22H2,1-2H3. The Morgan fingerprint density at radius 1 is 0.727 bits per heavy atom. The second kappa shape index (κ2) is 13.7. The van der Waals surface area contributed by atoms with E-state index in [9.17, 15) is 4.39 Å². The molecule has 3 aromatic rings. The molecule has 0 aliphatic rings. The molecule has 176 valence electrons. The molecule has 2 aromatic carbocycles. The summed E-state index contributed by atoms with van der Waals surface area (Å²) in [6.07, 6.45) is 12.9. The molecule has 33 heavy (non-hydrogen) atoms. The first-order chi connectivity index (χ1) is 16.2. The van der Waals surface area contributed by atoms with Crippen molar-refractivity contribution in [1.82, 2.24) is 9.97 Å². The average Bonchev–Trinajstić information content (AvgIpc) is 2.87. The van der Waals surface area contributed by atoms with Crippen molar-refractivity contribution in [3.05, 3.63) is 66.5 Å². The summed E-state index contributed by atoms with van der Waals surface area (Å²) in [5, 5.41) is 0. The van der Waals surface area contributed by atoms with Crippen molar-refractivity contribution in [2.75, 3.05) is 6.61 Å². The maximum atomic E-state index is 13.8. The summed E-state index contributed by atoms with van der Waals surface area (Å²) in [6, 6.07) is 16.3. The Bertz CT molecular complexity index is 923. The van der Waals surface area contributed by atoms with Gasteiger partial charge in [0, 0.05) is 23.5 Å². The van der Waals surface area contributed by atoms with E-state index in [1.807, 2.05) is 36.7 Å². The number of aromatic nitrogens is 2. The number of alkyl halides is 1. The molecule has 0 N–H and O–H groups in total. The van der Waals surface area contributed by atoms with Crippen LogP contribution in [0.15, 0.2) is 60.9 Å². The minimum atomic E-state index is -0.912. The van der Waals surface area contributed by atoms with Crippen LogP contribution in [0, 0.1) is 0 Å². The molecule has 4 heteroatoms. The number of ether oxygens (including phenoxy) is 1. The lowest BCUT2D eigenvalue weighted by Crippen LogP contribution is -2.12. The fourth-order valence-electron chi connectivity index (χ4n) is 3.82. The highest BCUT2D eigenvalue weighted by Gasteiger charge is 2.08. The predicted molar refractivity (Wildman–Crippen MR) is 135 cm³/mol. The van der Waals surface area contributed by atoms with Gasteiger partial charge in [0.15, 0.2) is 5.82 Å². The number of hydrogen-bond donors (Lipinski definition) is 0. The van der Waals surface area contributed by atoms with Gasteiger partial charge >= 0.3 is 0 Å². The van der Waals surface area contributed by atoms with Crippen LogP contribution in [0.25, 0.3) is 22.5 Å². The molecule has 1 unspecified atom stereocenters. The van der Waals surface area contributed by atoms with Crippen molar-refractivity contribution < 1.29 is 9.13 Å². The van der Waals surface area contributed by atoms with Gasteiger partial charge in [-0.1, -0.05) is 88.8 Å². The van der Waals surface area contributed by atoms with E-state index >= 15 is 0 Å². The molecule has 0 radical (unpaired) electrons. The van der Waals surface area contributed by atoms with Crippen LogP contribution in [-0.2, 0) is 6.42 Å². The summed E-state index contributed by atoms with van der Waals surface area (Å²) >= 11 is 0. The Labute approximate surface area is 198 Å². The maximum Gasteiger partial charge on any atom is 0.159 e. The molecule has 1 atom stereocenters. The van der Waals surface area contributed by atoms with Crippen molar-refractivity contribution in [2.24, 2.45) is 0 Å². The van der Waals surface area contributed by atoms with Gasteiger partial charge in [0.05, 0.1) is 0 Å². The summed E-state index contributed by atoms with van der Waals surface area (Å²) < 4.78 is 19.4. The highest BCUT2D eigenvalue weighted by molar-refractivity contribution is 5.64. The van der Waals surface area contributed by atoms with E-state index < -0.39 is 6.17 Å². The fraction of sp³-hybridized carbons (Fsp3) is 0.448. The van der Waals surface area contributed by atoms with Gasteiger partial charge in [0.2, 0.25) is 0 Å². The second-order valence-electron chi connectivity index (χ2n) is 8.73. The lowest BCUT2D eigenvalue weighted by Gasteiger charge is -2.10. The monoisotopic (exact) mass is 448 g/mol. The number of benzene rings is 2. The topological polar surface area (TPSA) is 35.0 Å². The summed E-state index contributed by atoms with van der Waals surface area (Å²) in [4.78, 5) is 9.14. The Balaban J connectivity index is 1.52. The third-order valence-electron chi connectivity index (χ3n) is 5.92. The van der Waals surface area contributed by atoms with E-state index in [1.54, 1.807) is 0 Å². The third-order valence-corrected chi connectivity index (χ3v) is 5.92. The fourth-order valence-corrected chi connectivity index (χ4v) is 3.82. The molecule has 1 aromatic heterocycles. The predicted octanol–water partition coefficient (Wildman–Crippen LogP) is 8.23. The SMILES string of the molecule is CCCCCCCc1ccc(-c2ncc(-c3ccc(OCC(F)CCCC)cc3)cn2)cc1. The van der Waals surface area contributed by atoms with Crippen molar-refractivity contribution in [3.63, 3.8) is 0 Å². The first-order valence-corrected chi connectivity index (χ1v) is 12.5. The molecule has 1 heterocycles. The molecule has 0 saturated carbocycles. The first kappa shape index (κ1) is 24.9. The summed E-state index contributed by atoms with van der Waals surface area (Å²) in [7, 11) is 0. The minimum Gasteiger partial charge on any atom is -0.491 e. The molecule has 0 amide bonds. The Kier molecular flexibility index (Phi) is 10.3. The van der Waals surface area contributed by atoms with Crippen LogP contribution in [0.4, 0.5) is 4.39 Å². The summed E-state index contributed by atoms with van der Waals surface area (Å²) in [6.45, 7) is 4.42. The van der Waals surface area contributed by atoms with Crippen molar-refractivity contribution in [1.29, 1.82) is 0 Å². The number of halogens is 1. The van der Waals surface area contributed by atoms with Gasteiger partial charge in [0.25, 0.3) is 0 Å². The van der Waals surface area contributed by atoms with Gasteiger partial charge in [-0.15, -0.1) is 0 Å². The number of unbranched alkanes of at least 4 members (excludes halogenated alkanes) is 5. The largest absolute Gasteiger partial charge is 0.491 e. The second-order valence-corrected chi connectivity index (χ2v) is 8.73. The molecule has 0 bridgehead atoms. The van der Waals surface area contributed by atoms with Crippen LogP contribution in [-0.4, -0.2) is 22.7 Å². The normalized spacial score (nSPS) is 12.0. The number of nitrogens with zero attached hydrogens (tertiary/aromatic N) is 2. The van der Waals surface area contributed by atoms with Gasteiger partial charge < -0.3 is 4.74 Å². The van der Waals surface area contributed by atoms with Crippen LogP contribution in [0.1, 0.15) is 70.8 Å². The van der Waals surface area contributed by atoms with Gasteiger partial charge in [-0.05, 0) is 42.5 Å². The van der Waals surface area contributed by atoms with E-state index in [0.717, 1.165) is 41.8 Å². The van der Waals surface area contributed by atoms with Gasteiger partial charge in [-0.25, -0.2) is 14.4 Å². The van der Waals surface area contributed by atoms with E-state index in [0.29, 0.717) is 12.2 Å². The van der Waals surface area contributed by atoms with E-state index in [-0.39, 0.29) is 6.61 Å². The Morgan fingerprint density at radius 3 is 2.03 bits per heavy atom. The Morgan fingerprint density at radius 2 is 1.36 bits per heavy atom. The number of rotatable bonds is 14. The zero-order chi connectivity index (χ0) is 23.3. The van der Waals surface area contributed by atoms with E-state index in [1.165, 1.54) is 37.7 Å². The molecular formula is C29H37FN2O. The van der Waals surface area contributed by atoms with Crippen LogP contribution in [0.3, 0.4) is 0 Å². The van der Waals surface area contributed by atoms with Crippen LogP contribution < -0.4 is 4.74 Å². The molecular weight excluding hydrogens is 411 g/mol. The zero-order valence-corrected chi connectivity index (χ0v) is 20.1. The van der Waals surface area contributed by atoms with Crippen molar-refractivity contribution in [2.45, 2.75) is 77.8 Å². The van der Waals surface area contributed by atoms with Gasteiger partial charge in [0.1, 0.15) is 18.5 Å². The van der Waals surface area contributed by atoms with E-state index in [2.05, 4.69) is 48.1 Å². The lowest BCUT2D eigenvalue weighted by molar-refractivity contribution is 0.184. The first-order valence-electron chi connectivity index (χ1n) is 12.5. The number of aryl methyl sites for hydroxylation is 1. The van der Waals surface area contributed by atoms with Crippen LogP contribution in [0.2, 0.25) is 0 Å². The molecule has 0 aliphatic carbocycles. The number of hydrogen-bond acceptors (Lipinski definition) is 3. The van der Waals surface area contributed by atoms with Crippen molar-refractivity contribution in [3.8, 4) is 28.3 Å². The average molecular weight is 449 g/mol. The molecule has 3 rings (SSSR count). The minimum absolute atomic E-state index is 0.106. The highest BCUT2D eigenvalue weighted by Crippen LogP contribution is 2.24. The quantitative estimate of drug-likeness (QED) is 0.233. The third kappa shape index (κ3) is 8.27. The summed E-state index contributed by atoms with van der Waals surface area (Å²) in [5.74, 6) is 1.41. The molecule has 3 nitrogen and oxygen atoms in total. The smallest absolute Gasteiger partial charge is 0.159 e. The Hall–Kier alpha value is -2.75. The zero-order valence-electron chi connectivity index (χ0n) is 20.1. The van der Waals surface area contributed by atoms with Gasteiger partial charge in [-0.3, -0.25) is 0 Å². The van der Waals surface area contributed by atoms with Gasteiger partial charge in [-0.2, -0.15) is 0 Å². The maximum absolute atomic E-state index is 13.8. The molecule has 0 saturated heterocycles.